The summed E-state index contributed by atoms with van der Waals surface area (Å²) in [5, 5.41) is 6.29. The van der Waals surface area contributed by atoms with Crippen LogP contribution in [0.4, 0.5) is 0 Å². The fourth-order valence-corrected chi connectivity index (χ4v) is 1.08. The predicted molar refractivity (Wildman–Crippen MR) is 42.6 cm³/mol. The number of nitrogens with one attached hydrogen (secondary N) is 2. The molecule has 3 heteroatoms. The van der Waals surface area contributed by atoms with Gasteiger partial charge in [-0.25, -0.2) is 0 Å². The van der Waals surface area contributed by atoms with Gasteiger partial charge >= 0.3 is 0 Å². The predicted octanol–water partition coefficient (Wildman–Crippen LogP) is -0.418. The molecule has 0 aliphatic carbocycles. The Balaban J connectivity index is 2.20. The van der Waals surface area contributed by atoms with E-state index in [1.165, 1.54) is 0 Å². The summed E-state index contributed by atoms with van der Waals surface area (Å²) in [6.07, 6.45) is 0. The minimum Gasteiger partial charge on any atom is -0.370 e. The van der Waals surface area contributed by atoms with Gasteiger partial charge in [-0.1, -0.05) is 6.58 Å². The van der Waals surface area contributed by atoms with Crippen LogP contribution in [0.3, 0.4) is 0 Å². The number of hydrogen-bond donors (Lipinski definition) is 2. The normalized spacial score (nSPS) is 17.7. The Hall–Kier alpha value is -0.700. The van der Waals surface area contributed by atoms with Crippen molar-refractivity contribution < 1.29 is 0 Å². The third-order valence-corrected chi connectivity index (χ3v) is 1.72. The van der Waals surface area contributed by atoms with E-state index >= 15 is 0 Å². The van der Waals surface area contributed by atoms with Gasteiger partial charge in [0, 0.05) is 26.2 Å². The molecule has 58 valence electrons. The summed E-state index contributed by atoms with van der Waals surface area (Å²) in [6, 6.07) is 0. The Labute approximate surface area is 62.1 Å². The van der Waals surface area contributed by atoms with E-state index in [2.05, 4.69) is 22.1 Å². The van der Waals surface area contributed by atoms with Gasteiger partial charge in [-0.3, -0.25) is 0 Å². The second-order valence-corrected chi connectivity index (χ2v) is 2.46. The van der Waals surface area contributed by atoms with Crippen LogP contribution in [0.1, 0.15) is 0 Å². The Kier molecular flexibility index (Phi) is 2.57. The summed E-state index contributed by atoms with van der Waals surface area (Å²) in [4.78, 5) is 2.25. The molecular formula is C7H15N3. The summed E-state index contributed by atoms with van der Waals surface area (Å²) < 4.78 is 0. The summed E-state index contributed by atoms with van der Waals surface area (Å²) in [5.74, 6) is 1.07. The molecule has 2 N–H and O–H groups in total. The van der Waals surface area contributed by atoms with Gasteiger partial charge in [0.25, 0.3) is 0 Å². The first-order valence-corrected chi connectivity index (χ1v) is 3.67. The van der Waals surface area contributed by atoms with Crippen LogP contribution in [0.2, 0.25) is 0 Å². The zero-order valence-corrected chi connectivity index (χ0v) is 6.48. The van der Waals surface area contributed by atoms with E-state index < -0.39 is 0 Å². The van der Waals surface area contributed by atoms with Gasteiger partial charge in [0.15, 0.2) is 0 Å². The lowest BCUT2D eigenvalue weighted by Gasteiger charge is -2.16. The van der Waals surface area contributed by atoms with Gasteiger partial charge in [-0.15, -0.1) is 0 Å². The fourth-order valence-electron chi connectivity index (χ4n) is 1.08. The highest BCUT2D eigenvalue weighted by Gasteiger charge is 2.11. The quantitative estimate of drug-likeness (QED) is 0.559. The fraction of sp³-hybridized carbons (Fsp3) is 0.714. The molecule has 0 aromatic carbocycles. The zero-order chi connectivity index (χ0) is 7.40. The van der Waals surface area contributed by atoms with Crippen LogP contribution in [-0.2, 0) is 0 Å². The van der Waals surface area contributed by atoms with Gasteiger partial charge in [0.05, 0.1) is 5.82 Å². The first-order valence-electron chi connectivity index (χ1n) is 3.67. The van der Waals surface area contributed by atoms with Crippen molar-refractivity contribution in [3.63, 3.8) is 0 Å². The molecule has 1 saturated heterocycles. The lowest BCUT2D eigenvalue weighted by atomic mass is 10.5. The topological polar surface area (TPSA) is 27.3 Å². The van der Waals surface area contributed by atoms with Crippen molar-refractivity contribution in [1.82, 2.24) is 15.5 Å². The molecule has 0 spiro atoms. The second-order valence-electron chi connectivity index (χ2n) is 2.46. The summed E-state index contributed by atoms with van der Waals surface area (Å²) in [7, 11) is 1.96. The van der Waals surface area contributed by atoms with E-state index in [4.69, 9.17) is 0 Å². The van der Waals surface area contributed by atoms with Gasteiger partial charge in [0.2, 0.25) is 0 Å². The lowest BCUT2D eigenvalue weighted by Crippen LogP contribution is -2.27. The van der Waals surface area contributed by atoms with E-state index in [9.17, 15) is 0 Å². The minimum atomic E-state index is 1.03. The number of rotatable bonds is 3. The van der Waals surface area contributed by atoms with Crippen LogP contribution >= 0.6 is 0 Å². The molecule has 10 heavy (non-hydrogen) atoms. The van der Waals surface area contributed by atoms with Crippen LogP contribution in [0.5, 0.6) is 0 Å². The van der Waals surface area contributed by atoms with E-state index in [0.29, 0.717) is 0 Å². The van der Waals surface area contributed by atoms with Gasteiger partial charge in [-0.05, 0) is 7.05 Å². The van der Waals surface area contributed by atoms with Crippen molar-refractivity contribution in [3.05, 3.63) is 12.4 Å². The maximum Gasteiger partial charge on any atom is 0.0940 e. The monoisotopic (exact) mass is 141 g/mol. The third kappa shape index (κ3) is 1.64. The molecule has 0 bridgehead atoms. The van der Waals surface area contributed by atoms with Gasteiger partial charge in [-0.2, -0.15) is 0 Å². The number of nitrogens with zero attached hydrogens (tertiary/aromatic N) is 1. The van der Waals surface area contributed by atoms with Crippen molar-refractivity contribution in [1.29, 1.82) is 0 Å². The zero-order valence-electron chi connectivity index (χ0n) is 6.48. The summed E-state index contributed by atoms with van der Waals surface area (Å²) in [5.41, 5.74) is 0. The molecule has 3 nitrogen and oxygen atoms in total. The summed E-state index contributed by atoms with van der Waals surface area (Å²) >= 11 is 0. The molecule has 0 aromatic rings. The Morgan fingerprint density at radius 2 is 2.60 bits per heavy atom. The van der Waals surface area contributed by atoms with Crippen LogP contribution in [0.25, 0.3) is 0 Å². The molecule has 0 atom stereocenters. The van der Waals surface area contributed by atoms with E-state index in [-0.39, 0.29) is 0 Å². The van der Waals surface area contributed by atoms with Gasteiger partial charge < -0.3 is 15.5 Å². The Bertz CT molecular complexity index is 122. The minimum absolute atomic E-state index is 1.03. The molecule has 0 saturated carbocycles. The molecule has 0 aromatic heterocycles. The highest BCUT2D eigenvalue weighted by molar-refractivity contribution is 4.96. The molecule has 0 unspecified atom stereocenters. The van der Waals surface area contributed by atoms with Crippen molar-refractivity contribution >= 4 is 0 Å². The van der Waals surface area contributed by atoms with E-state index in [1.54, 1.807) is 0 Å². The molecule has 0 radical (unpaired) electrons. The van der Waals surface area contributed by atoms with Crippen molar-refractivity contribution in [2.75, 3.05) is 33.2 Å². The highest BCUT2D eigenvalue weighted by atomic mass is 15.3. The van der Waals surface area contributed by atoms with E-state index in [1.807, 2.05) is 7.05 Å². The van der Waals surface area contributed by atoms with Crippen molar-refractivity contribution in [3.8, 4) is 0 Å². The lowest BCUT2D eigenvalue weighted by molar-refractivity contribution is 0.395. The molecule has 1 aliphatic rings. The highest BCUT2D eigenvalue weighted by Crippen LogP contribution is 2.01. The van der Waals surface area contributed by atoms with Gasteiger partial charge in [0.1, 0.15) is 0 Å². The average molecular weight is 141 g/mol. The third-order valence-electron chi connectivity index (χ3n) is 1.72. The van der Waals surface area contributed by atoms with E-state index in [0.717, 1.165) is 32.0 Å². The molecule has 1 rings (SSSR count). The molecule has 0 amide bonds. The first-order chi connectivity index (χ1) is 4.84. The van der Waals surface area contributed by atoms with Crippen LogP contribution in [-0.4, -0.2) is 38.1 Å². The van der Waals surface area contributed by atoms with Crippen molar-refractivity contribution in [2.45, 2.75) is 0 Å². The maximum atomic E-state index is 3.88. The second kappa shape index (κ2) is 3.46. The number of hydrogen-bond acceptors (Lipinski definition) is 3. The Morgan fingerprint density at radius 1 is 1.80 bits per heavy atom. The largest absolute Gasteiger partial charge is 0.370 e. The Morgan fingerprint density at radius 3 is 3.10 bits per heavy atom. The van der Waals surface area contributed by atoms with Crippen LogP contribution in [0.15, 0.2) is 12.4 Å². The first kappa shape index (κ1) is 7.41. The number of likely N-dealkylation sites (N-methyl/N-ethyl adjacent to an activating group) is 1. The van der Waals surface area contributed by atoms with Crippen LogP contribution < -0.4 is 10.6 Å². The molecular weight excluding hydrogens is 126 g/mol. The smallest absolute Gasteiger partial charge is 0.0940 e. The molecule has 1 aliphatic heterocycles. The maximum absolute atomic E-state index is 3.88. The summed E-state index contributed by atoms with van der Waals surface area (Å²) in [6.45, 7) is 8.10. The standard InChI is InChI=1S/C7H15N3/c1-7-9-4-6-10(7)5-3-8-2/h8-9H,1,3-6H2,2H3. The average Bonchev–Trinajstić information content (AvgIpc) is 2.31. The molecule has 1 heterocycles. The van der Waals surface area contributed by atoms with Crippen molar-refractivity contribution in [2.24, 2.45) is 0 Å². The SMILES string of the molecule is C=C1NCCN1CCNC. The van der Waals surface area contributed by atoms with Crippen LogP contribution in [0, 0.1) is 0 Å². The molecule has 1 fully saturated rings.